The van der Waals surface area contributed by atoms with Crippen LogP contribution in [0.3, 0.4) is 0 Å². The van der Waals surface area contributed by atoms with Gasteiger partial charge < -0.3 is 15.2 Å². The highest BCUT2D eigenvalue weighted by Gasteiger charge is 2.50. The number of piperidine rings is 1. The molecule has 0 radical (unpaired) electrons. The summed E-state index contributed by atoms with van der Waals surface area (Å²) in [6.45, 7) is 1.84. The molecule has 5 heteroatoms. The van der Waals surface area contributed by atoms with Gasteiger partial charge in [-0.15, -0.1) is 12.4 Å². The number of carbonyl (C=O) groups excluding carboxylic acids is 1. The van der Waals surface area contributed by atoms with E-state index in [0.29, 0.717) is 17.4 Å². The first-order valence-corrected chi connectivity index (χ1v) is 9.89. The van der Waals surface area contributed by atoms with E-state index < -0.39 is 11.6 Å². The largest absolute Gasteiger partial charge is 0.459 e. The summed E-state index contributed by atoms with van der Waals surface area (Å²) in [4.78, 5) is 13.3. The zero-order valence-electron chi connectivity index (χ0n) is 15.2. The van der Waals surface area contributed by atoms with Gasteiger partial charge in [0.05, 0.1) is 0 Å². The zero-order valence-corrected chi connectivity index (χ0v) is 16.0. The van der Waals surface area contributed by atoms with Gasteiger partial charge in [-0.2, -0.15) is 0 Å². The smallest absolute Gasteiger partial charge is 0.343 e. The van der Waals surface area contributed by atoms with Crippen molar-refractivity contribution in [2.75, 3.05) is 13.1 Å². The summed E-state index contributed by atoms with van der Waals surface area (Å²) < 4.78 is 6.06. The lowest BCUT2D eigenvalue weighted by Gasteiger charge is -2.43. The average Bonchev–Trinajstić information content (AvgIpc) is 3.16. The number of nitrogens with one attached hydrogen (secondary N) is 1. The molecule has 2 saturated carbocycles. The minimum absolute atomic E-state index is 0. The Morgan fingerprint density at radius 1 is 1.00 bits per heavy atom. The third kappa shape index (κ3) is 3.51. The van der Waals surface area contributed by atoms with E-state index in [1.165, 1.54) is 6.42 Å². The van der Waals surface area contributed by atoms with Gasteiger partial charge in [0.2, 0.25) is 0 Å². The van der Waals surface area contributed by atoms with Crippen LogP contribution in [0.15, 0.2) is 30.3 Å². The van der Waals surface area contributed by atoms with E-state index in [4.69, 9.17) is 4.74 Å². The van der Waals surface area contributed by atoms with Crippen molar-refractivity contribution in [3.63, 3.8) is 0 Å². The summed E-state index contributed by atoms with van der Waals surface area (Å²) in [7, 11) is 0. The number of hydrogen-bond acceptors (Lipinski definition) is 4. The van der Waals surface area contributed by atoms with Gasteiger partial charge in [-0.1, -0.05) is 49.6 Å². The molecule has 3 aliphatic rings. The van der Waals surface area contributed by atoms with Gasteiger partial charge in [0, 0.05) is 30.8 Å². The van der Waals surface area contributed by atoms with Crippen molar-refractivity contribution in [2.45, 2.75) is 56.7 Å². The fraction of sp³-hybridized carbons (Fsp3) is 0.667. The molecule has 0 spiro atoms. The van der Waals surface area contributed by atoms with Gasteiger partial charge in [-0.3, -0.25) is 0 Å². The second kappa shape index (κ2) is 8.28. The van der Waals surface area contributed by atoms with Crippen molar-refractivity contribution in [1.82, 2.24) is 5.32 Å². The monoisotopic (exact) mass is 379 g/mol. The first-order chi connectivity index (χ1) is 12.2. The Balaban J connectivity index is 0.00000196. The third-order valence-electron chi connectivity index (χ3n) is 6.61. The molecule has 0 amide bonds. The topological polar surface area (TPSA) is 58.6 Å². The van der Waals surface area contributed by atoms with E-state index in [9.17, 15) is 9.90 Å². The molecule has 0 aromatic heterocycles. The molecule has 4 rings (SSSR count). The highest BCUT2D eigenvalue weighted by Crippen LogP contribution is 2.43. The first-order valence-electron chi connectivity index (χ1n) is 9.89. The number of ether oxygens (including phenoxy) is 1. The molecule has 1 saturated heterocycles. The summed E-state index contributed by atoms with van der Waals surface area (Å²) in [6, 6.07) is 9.43. The maximum atomic E-state index is 13.3. The minimum Gasteiger partial charge on any atom is -0.459 e. The second-order valence-corrected chi connectivity index (χ2v) is 8.09. The van der Waals surface area contributed by atoms with Crippen molar-refractivity contribution < 1.29 is 14.6 Å². The van der Waals surface area contributed by atoms with Crippen LogP contribution in [0.4, 0.5) is 0 Å². The number of aliphatic hydroxyl groups is 1. The number of esters is 1. The predicted molar refractivity (Wildman–Crippen MR) is 103 cm³/mol. The summed E-state index contributed by atoms with van der Waals surface area (Å²) in [5.74, 6) is 0.318. The van der Waals surface area contributed by atoms with Crippen LogP contribution in [0.1, 0.15) is 50.5 Å². The Morgan fingerprint density at radius 2 is 1.62 bits per heavy atom. The van der Waals surface area contributed by atoms with Gasteiger partial charge in [-0.25, -0.2) is 4.79 Å². The average molecular weight is 380 g/mol. The normalized spacial score (nSPS) is 30.9. The lowest BCUT2D eigenvalue weighted by molar-refractivity contribution is -0.188. The molecule has 2 aliphatic carbocycles. The lowest BCUT2D eigenvalue weighted by Crippen LogP contribution is -2.54. The summed E-state index contributed by atoms with van der Waals surface area (Å²) >= 11 is 0. The SMILES string of the molecule is Cl.O=C(OC1C2CCCC1CNC2)[C@](O)(c1ccccc1)C1CCCC1. The van der Waals surface area contributed by atoms with E-state index in [1.807, 2.05) is 30.3 Å². The molecule has 1 heterocycles. The van der Waals surface area contributed by atoms with Crippen LogP contribution in [-0.2, 0) is 15.1 Å². The maximum absolute atomic E-state index is 13.3. The van der Waals surface area contributed by atoms with Crippen molar-refractivity contribution in [2.24, 2.45) is 17.8 Å². The number of carbonyl (C=O) groups is 1. The molecule has 2 unspecified atom stereocenters. The van der Waals surface area contributed by atoms with Crippen LogP contribution < -0.4 is 5.32 Å². The fourth-order valence-electron chi connectivity index (χ4n) is 5.21. The van der Waals surface area contributed by atoms with E-state index in [0.717, 1.165) is 51.6 Å². The first kappa shape index (κ1) is 19.7. The Bertz CT molecular complexity index is 583. The number of hydrogen-bond donors (Lipinski definition) is 2. The predicted octanol–water partition coefficient (Wildman–Crippen LogP) is 3.42. The second-order valence-electron chi connectivity index (χ2n) is 8.09. The van der Waals surface area contributed by atoms with Crippen LogP contribution in [0.5, 0.6) is 0 Å². The summed E-state index contributed by atoms with van der Waals surface area (Å²) in [5.41, 5.74) is -0.817. The molecule has 1 aliphatic heterocycles. The van der Waals surface area contributed by atoms with E-state index in [1.54, 1.807) is 0 Å². The van der Waals surface area contributed by atoms with Crippen LogP contribution in [0.25, 0.3) is 0 Å². The van der Waals surface area contributed by atoms with Crippen LogP contribution in [-0.4, -0.2) is 30.3 Å². The Hall–Kier alpha value is -1.10. The highest BCUT2D eigenvalue weighted by molar-refractivity contribution is 5.85. The molecule has 2 bridgehead atoms. The molecule has 2 N–H and O–H groups in total. The maximum Gasteiger partial charge on any atom is 0.343 e. The Kier molecular flexibility index (Phi) is 6.26. The van der Waals surface area contributed by atoms with Gasteiger partial charge in [0.15, 0.2) is 5.60 Å². The molecule has 26 heavy (non-hydrogen) atoms. The van der Waals surface area contributed by atoms with Gasteiger partial charge in [-0.05, 0) is 31.2 Å². The minimum atomic E-state index is -1.50. The van der Waals surface area contributed by atoms with Gasteiger partial charge in [0.1, 0.15) is 6.10 Å². The Morgan fingerprint density at radius 3 is 2.23 bits per heavy atom. The highest BCUT2D eigenvalue weighted by atomic mass is 35.5. The summed E-state index contributed by atoms with van der Waals surface area (Å²) in [6.07, 6.45) is 7.32. The molecule has 4 nitrogen and oxygen atoms in total. The van der Waals surface area contributed by atoms with E-state index >= 15 is 0 Å². The number of halogens is 1. The van der Waals surface area contributed by atoms with Crippen molar-refractivity contribution >= 4 is 18.4 Å². The molecule has 1 aromatic rings. The quantitative estimate of drug-likeness (QED) is 0.787. The van der Waals surface area contributed by atoms with Crippen molar-refractivity contribution in [3.05, 3.63) is 35.9 Å². The molecule has 3 atom stereocenters. The van der Waals surface area contributed by atoms with Crippen LogP contribution >= 0.6 is 12.4 Å². The molecular formula is C21H30ClNO3. The standard InChI is InChI=1S/C21H29NO3.ClH/c23-20(25-19-15-7-6-8-16(19)14-22-13-15)21(24,18-11-4-5-12-18)17-9-2-1-3-10-17;/h1-3,9-10,15-16,18-19,22,24H,4-8,11-14H2;1H/t15?,16?,19?,21-;/m0./s1. The van der Waals surface area contributed by atoms with Gasteiger partial charge in [0.25, 0.3) is 0 Å². The summed E-state index contributed by atoms with van der Waals surface area (Å²) in [5, 5.41) is 15.0. The van der Waals surface area contributed by atoms with Gasteiger partial charge >= 0.3 is 5.97 Å². The molecule has 144 valence electrons. The lowest BCUT2D eigenvalue weighted by atomic mass is 9.75. The van der Waals surface area contributed by atoms with Crippen LogP contribution in [0.2, 0.25) is 0 Å². The molecule has 1 aromatic carbocycles. The van der Waals surface area contributed by atoms with Crippen molar-refractivity contribution in [3.8, 4) is 0 Å². The molecular weight excluding hydrogens is 350 g/mol. The van der Waals surface area contributed by atoms with Crippen molar-refractivity contribution in [1.29, 1.82) is 0 Å². The molecule has 3 fully saturated rings. The van der Waals surface area contributed by atoms with E-state index in [-0.39, 0.29) is 24.4 Å². The zero-order chi connectivity index (χ0) is 17.3. The fourth-order valence-corrected chi connectivity index (χ4v) is 5.21. The third-order valence-corrected chi connectivity index (χ3v) is 6.61. The van der Waals surface area contributed by atoms with E-state index in [2.05, 4.69) is 5.32 Å². The number of benzene rings is 1. The Labute approximate surface area is 162 Å². The number of fused-ring (bicyclic) bond motifs is 2. The van der Waals surface area contributed by atoms with Crippen LogP contribution in [0, 0.1) is 17.8 Å². The number of rotatable bonds is 4.